The molecule has 0 amide bonds. The van der Waals surface area contributed by atoms with E-state index in [1.807, 2.05) is 0 Å². The normalized spacial score (nSPS) is 38.5. The molecule has 2 aliphatic heterocycles. The molecule has 0 bridgehead atoms. The number of likely N-dealkylation sites (tertiary alicyclic amines) is 1. The first kappa shape index (κ1) is 7.28. The SMILES string of the molecule is CN1CC2=CCOC[C@@]2(N)C1. The van der Waals surface area contributed by atoms with Crippen LogP contribution in [0.15, 0.2) is 11.6 Å². The predicted molar refractivity (Wildman–Crippen MR) is 43.3 cm³/mol. The lowest BCUT2D eigenvalue weighted by Gasteiger charge is -2.28. The maximum absolute atomic E-state index is 6.12. The summed E-state index contributed by atoms with van der Waals surface area (Å²) in [5, 5.41) is 0. The summed E-state index contributed by atoms with van der Waals surface area (Å²) in [6, 6.07) is 0. The molecular formula is C8H14N2O. The van der Waals surface area contributed by atoms with Crippen molar-refractivity contribution >= 4 is 0 Å². The molecule has 3 nitrogen and oxygen atoms in total. The average molecular weight is 154 g/mol. The first-order chi connectivity index (χ1) is 5.21. The maximum atomic E-state index is 6.12. The van der Waals surface area contributed by atoms with Gasteiger partial charge in [-0.05, 0) is 12.6 Å². The number of likely N-dealkylation sites (N-methyl/N-ethyl adjacent to an activating group) is 1. The van der Waals surface area contributed by atoms with Crippen LogP contribution in [0.25, 0.3) is 0 Å². The zero-order valence-electron chi connectivity index (χ0n) is 6.84. The van der Waals surface area contributed by atoms with Gasteiger partial charge in [-0.3, -0.25) is 0 Å². The second kappa shape index (κ2) is 2.30. The Kier molecular flexibility index (Phi) is 1.52. The Hall–Kier alpha value is -0.380. The molecule has 2 heterocycles. The van der Waals surface area contributed by atoms with E-state index in [4.69, 9.17) is 10.5 Å². The van der Waals surface area contributed by atoms with E-state index >= 15 is 0 Å². The van der Waals surface area contributed by atoms with Gasteiger partial charge in [-0.2, -0.15) is 0 Å². The molecule has 0 aromatic carbocycles. The van der Waals surface area contributed by atoms with Crippen molar-refractivity contribution in [3.8, 4) is 0 Å². The number of fused-ring (bicyclic) bond motifs is 1. The molecule has 2 N–H and O–H groups in total. The lowest BCUT2D eigenvalue weighted by molar-refractivity contribution is 0.108. The largest absolute Gasteiger partial charge is 0.375 e. The molecule has 11 heavy (non-hydrogen) atoms. The van der Waals surface area contributed by atoms with Crippen LogP contribution < -0.4 is 5.73 Å². The van der Waals surface area contributed by atoms with Gasteiger partial charge in [-0.15, -0.1) is 0 Å². The fourth-order valence-electron chi connectivity index (χ4n) is 1.89. The Labute approximate surface area is 66.8 Å². The van der Waals surface area contributed by atoms with Crippen LogP contribution in [0.4, 0.5) is 0 Å². The van der Waals surface area contributed by atoms with Crippen molar-refractivity contribution in [1.29, 1.82) is 0 Å². The van der Waals surface area contributed by atoms with Gasteiger partial charge in [-0.25, -0.2) is 0 Å². The molecule has 0 unspecified atom stereocenters. The van der Waals surface area contributed by atoms with Crippen LogP contribution in [0, 0.1) is 0 Å². The van der Waals surface area contributed by atoms with Crippen LogP contribution in [0.2, 0.25) is 0 Å². The lowest BCUT2D eigenvalue weighted by Crippen LogP contribution is -2.49. The topological polar surface area (TPSA) is 38.5 Å². The Morgan fingerprint density at radius 1 is 1.73 bits per heavy atom. The van der Waals surface area contributed by atoms with Crippen LogP contribution in [-0.2, 0) is 4.74 Å². The van der Waals surface area contributed by atoms with Gasteiger partial charge in [0.1, 0.15) is 0 Å². The van der Waals surface area contributed by atoms with Gasteiger partial charge >= 0.3 is 0 Å². The van der Waals surface area contributed by atoms with E-state index in [2.05, 4.69) is 18.0 Å². The number of nitrogens with two attached hydrogens (primary N) is 1. The molecule has 0 radical (unpaired) electrons. The van der Waals surface area contributed by atoms with Crippen LogP contribution in [0.5, 0.6) is 0 Å². The van der Waals surface area contributed by atoms with Crippen LogP contribution in [-0.4, -0.2) is 43.8 Å². The third kappa shape index (κ3) is 1.09. The van der Waals surface area contributed by atoms with E-state index in [9.17, 15) is 0 Å². The molecule has 1 saturated heterocycles. The van der Waals surface area contributed by atoms with Crippen molar-refractivity contribution < 1.29 is 4.74 Å². The highest BCUT2D eigenvalue weighted by Crippen LogP contribution is 2.26. The van der Waals surface area contributed by atoms with Crippen molar-refractivity contribution in [3.63, 3.8) is 0 Å². The molecule has 1 fully saturated rings. The van der Waals surface area contributed by atoms with Gasteiger partial charge in [0.25, 0.3) is 0 Å². The number of hydrogen-bond acceptors (Lipinski definition) is 3. The molecular weight excluding hydrogens is 140 g/mol. The van der Waals surface area contributed by atoms with Gasteiger partial charge in [0.05, 0.1) is 18.8 Å². The molecule has 62 valence electrons. The molecule has 3 heteroatoms. The minimum Gasteiger partial charge on any atom is -0.375 e. The molecule has 1 atom stereocenters. The average Bonchev–Trinajstić information content (AvgIpc) is 2.22. The van der Waals surface area contributed by atoms with E-state index in [0.717, 1.165) is 19.7 Å². The fourth-order valence-corrected chi connectivity index (χ4v) is 1.89. The predicted octanol–water partition coefficient (Wildman–Crippen LogP) is -0.414. The molecule has 0 aromatic heterocycles. The summed E-state index contributed by atoms with van der Waals surface area (Å²) >= 11 is 0. The Morgan fingerprint density at radius 3 is 3.27 bits per heavy atom. The van der Waals surface area contributed by atoms with Gasteiger partial charge < -0.3 is 15.4 Å². The summed E-state index contributed by atoms with van der Waals surface area (Å²) in [5.74, 6) is 0. The van der Waals surface area contributed by atoms with Gasteiger partial charge in [0.15, 0.2) is 0 Å². The second-order valence-electron chi connectivity index (χ2n) is 3.57. The molecule has 2 aliphatic rings. The third-order valence-corrected chi connectivity index (χ3v) is 2.44. The van der Waals surface area contributed by atoms with Crippen molar-refractivity contribution in [1.82, 2.24) is 4.90 Å². The van der Waals surface area contributed by atoms with Gasteiger partial charge in [0.2, 0.25) is 0 Å². The van der Waals surface area contributed by atoms with Crippen LogP contribution >= 0.6 is 0 Å². The van der Waals surface area contributed by atoms with Crippen molar-refractivity contribution in [2.45, 2.75) is 5.54 Å². The molecule has 0 saturated carbocycles. The summed E-state index contributed by atoms with van der Waals surface area (Å²) in [4.78, 5) is 2.24. The van der Waals surface area contributed by atoms with E-state index < -0.39 is 0 Å². The molecule has 0 aromatic rings. The number of hydrogen-bond donors (Lipinski definition) is 1. The Morgan fingerprint density at radius 2 is 2.55 bits per heavy atom. The van der Waals surface area contributed by atoms with Crippen LogP contribution in [0.3, 0.4) is 0 Å². The summed E-state index contributed by atoms with van der Waals surface area (Å²) in [7, 11) is 2.09. The zero-order valence-corrected chi connectivity index (χ0v) is 6.84. The fraction of sp³-hybridized carbons (Fsp3) is 0.750. The van der Waals surface area contributed by atoms with Crippen molar-refractivity contribution in [3.05, 3.63) is 11.6 Å². The molecule has 2 rings (SSSR count). The quantitative estimate of drug-likeness (QED) is 0.482. The Balaban J connectivity index is 2.26. The summed E-state index contributed by atoms with van der Waals surface area (Å²) in [6.07, 6.45) is 2.12. The standard InChI is InChI=1S/C8H14N2O/c1-10-4-7-2-3-11-6-8(7,9)5-10/h2H,3-6,9H2,1H3/t8-/m0/s1. The number of nitrogens with zero attached hydrogens (tertiary/aromatic N) is 1. The minimum atomic E-state index is -0.174. The highest BCUT2D eigenvalue weighted by Gasteiger charge is 2.39. The summed E-state index contributed by atoms with van der Waals surface area (Å²) in [6.45, 7) is 3.37. The summed E-state index contributed by atoms with van der Waals surface area (Å²) in [5.41, 5.74) is 7.30. The first-order valence-corrected chi connectivity index (χ1v) is 3.95. The molecule has 0 spiro atoms. The number of ether oxygens (including phenoxy) is 1. The van der Waals surface area contributed by atoms with Crippen LogP contribution in [0.1, 0.15) is 0 Å². The lowest BCUT2D eigenvalue weighted by atomic mass is 9.94. The summed E-state index contributed by atoms with van der Waals surface area (Å²) < 4.78 is 5.31. The minimum absolute atomic E-state index is 0.174. The van der Waals surface area contributed by atoms with E-state index in [0.29, 0.717) is 6.61 Å². The third-order valence-electron chi connectivity index (χ3n) is 2.44. The number of rotatable bonds is 0. The molecule has 0 aliphatic carbocycles. The smallest absolute Gasteiger partial charge is 0.0748 e. The second-order valence-corrected chi connectivity index (χ2v) is 3.57. The van der Waals surface area contributed by atoms with Crippen molar-refractivity contribution in [2.75, 3.05) is 33.4 Å². The van der Waals surface area contributed by atoms with Gasteiger partial charge in [-0.1, -0.05) is 6.08 Å². The monoisotopic (exact) mass is 154 g/mol. The highest BCUT2D eigenvalue weighted by molar-refractivity contribution is 5.28. The first-order valence-electron chi connectivity index (χ1n) is 3.95. The van der Waals surface area contributed by atoms with Crippen molar-refractivity contribution in [2.24, 2.45) is 5.73 Å². The maximum Gasteiger partial charge on any atom is 0.0748 e. The Bertz CT molecular complexity index is 202. The highest BCUT2D eigenvalue weighted by atomic mass is 16.5. The zero-order chi connectivity index (χ0) is 7.90. The van der Waals surface area contributed by atoms with E-state index in [1.165, 1.54) is 5.57 Å². The van der Waals surface area contributed by atoms with Gasteiger partial charge in [0, 0.05) is 13.1 Å². The van der Waals surface area contributed by atoms with E-state index in [1.54, 1.807) is 0 Å². The van der Waals surface area contributed by atoms with E-state index in [-0.39, 0.29) is 5.54 Å².